The Bertz CT molecular complexity index is 1740. The van der Waals surface area contributed by atoms with E-state index in [0.717, 1.165) is 18.2 Å². The molecule has 0 atom stereocenters. The van der Waals surface area contributed by atoms with Gasteiger partial charge in [-0.2, -0.15) is 0 Å². The fraction of sp³-hybridized carbons (Fsp3) is 0.364. The first-order valence-corrected chi connectivity index (χ1v) is 15.0. The zero-order valence-electron chi connectivity index (χ0n) is 26.8. The second-order valence-corrected chi connectivity index (χ2v) is 9.65. The Labute approximate surface area is 268 Å². The molecule has 14 heteroatoms. The first-order valence-electron chi connectivity index (χ1n) is 15.0. The highest BCUT2D eigenvalue weighted by atomic mass is 16.6. The fourth-order valence-electron chi connectivity index (χ4n) is 3.79. The number of ether oxygens (including phenoxy) is 6. The van der Waals surface area contributed by atoms with Crippen LogP contribution in [0.2, 0.25) is 0 Å². The van der Waals surface area contributed by atoms with Gasteiger partial charge in [-0.25, -0.2) is 0 Å². The molecule has 2 aromatic carbocycles. The van der Waals surface area contributed by atoms with Gasteiger partial charge < -0.3 is 32.8 Å². The molecule has 0 aliphatic carbocycles. The Morgan fingerprint density at radius 2 is 0.915 bits per heavy atom. The van der Waals surface area contributed by atoms with E-state index < -0.39 is 58.5 Å². The normalized spacial score (nSPS) is 10.6. The van der Waals surface area contributed by atoms with Crippen molar-refractivity contribution in [1.82, 2.24) is 0 Å². The van der Waals surface area contributed by atoms with E-state index in [1.165, 1.54) is 40.7 Å². The number of esters is 6. The average molecular weight is 655 g/mol. The van der Waals surface area contributed by atoms with Crippen molar-refractivity contribution >= 4 is 46.8 Å². The maximum Gasteiger partial charge on any atom is 0.311 e. The van der Waals surface area contributed by atoms with Crippen LogP contribution in [-0.2, 0) is 28.8 Å². The molecule has 0 saturated heterocycles. The fourth-order valence-corrected chi connectivity index (χ4v) is 3.79. The van der Waals surface area contributed by atoms with E-state index in [-0.39, 0.29) is 78.1 Å². The molecule has 47 heavy (non-hydrogen) atoms. The second kappa shape index (κ2) is 16.2. The largest absolute Gasteiger partial charge is 0.452 e. The predicted octanol–water partition coefficient (Wildman–Crippen LogP) is 5.35. The summed E-state index contributed by atoms with van der Waals surface area (Å²) in [6, 6.07) is 4.64. The third-order valence-corrected chi connectivity index (χ3v) is 6.24. The van der Waals surface area contributed by atoms with Crippen LogP contribution in [0.3, 0.4) is 0 Å². The van der Waals surface area contributed by atoms with Gasteiger partial charge in [0.1, 0.15) is 22.5 Å². The van der Waals surface area contributed by atoms with Gasteiger partial charge in [0, 0.05) is 56.2 Å². The van der Waals surface area contributed by atoms with E-state index in [9.17, 15) is 33.6 Å². The van der Waals surface area contributed by atoms with Crippen molar-refractivity contribution in [3.63, 3.8) is 0 Å². The third-order valence-electron chi connectivity index (χ3n) is 6.24. The van der Waals surface area contributed by atoms with Gasteiger partial charge in [0.25, 0.3) is 0 Å². The van der Waals surface area contributed by atoms with Gasteiger partial charge in [-0.05, 0) is 12.1 Å². The van der Waals surface area contributed by atoms with Crippen molar-refractivity contribution in [2.24, 2.45) is 0 Å². The van der Waals surface area contributed by atoms with Crippen LogP contribution in [0.25, 0.3) is 22.3 Å². The van der Waals surface area contributed by atoms with Crippen LogP contribution in [-0.4, -0.2) is 35.8 Å². The van der Waals surface area contributed by atoms with Gasteiger partial charge in [0.05, 0.1) is 0 Å². The van der Waals surface area contributed by atoms with E-state index >= 15 is 0 Å². The topological polar surface area (TPSA) is 188 Å². The number of carbonyl (C=O) groups excluding carboxylic acids is 6. The molecule has 0 saturated carbocycles. The second-order valence-electron chi connectivity index (χ2n) is 9.65. The van der Waals surface area contributed by atoms with Crippen LogP contribution in [0.5, 0.6) is 34.5 Å². The summed E-state index contributed by atoms with van der Waals surface area (Å²) in [5, 5.41) is -0.325. The molecule has 0 spiro atoms. The number of hydrogen-bond donors (Lipinski definition) is 0. The summed E-state index contributed by atoms with van der Waals surface area (Å²) < 4.78 is 38.4. The zero-order valence-corrected chi connectivity index (χ0v) is 26.8. The van der Waals surface area contributed by atoms with Crippen molar-refractivity contribution in [2.45, 2.75) is 80.1 Å². The molecule has 0 aliphatic rings. The van der Waals surface area contributed by atoms with Crippen molar-refractivity contribution in [3.05, 3.63) is 34.5 Å². The summed E-state index contributed by atoms with van der Waals surface area (Å²) >= 11 is 0. The van der Waals surface area contributed by atoms with Crippen molar-refractivity contribution in [2.75, 3.05) is 0 Å². The Morgan fingerprint density at radius 3 is 1.38 bits per heavy atom. The Hall–Kier alpha value is -5.53. The number of hydrogen-bond acceptors (Lipinski definition) is 14. The summed E-state index contributed by atoms with van der Waals surface area (Å²) in [7, 11) is 0. The van der Waals surface area contributed by atoms with Gasteiger partial charge in [-0.15, -0.1) is 0 Å². The van der Waals surface area contributed by atoms with Crippen LogP contribution < -0.4 is 33.8 Å². The average Bonchev–Trinajstić information content (AvgIpc) is 3.06. The van der Waals surface area contributed by atoms with Gasteiger partial charge >= 0.3 is 35.8 Å². The minimum atomic E-state index is -0.962. The summed E-state index contributed by atoms with van der Waals surface area (Å²) in [4.78, 5) is 88.1. The lowest BCUT2D eigenvalue weighted by Crippen LogP contribution is -2.17. The van der Waals surface area contributed by atoms with Gasteiger partial charge in [-0.3, -0.25) is 33.6 Å². The molecule has 0 radical (unpaired) electrons. The van der Waals surface area contributed by atoms with E-state index in [4.69, 9.17) is 32.8 Å². The van der Waals surface area contributed by atoms with E-state index in [1.807, 2.05) is 0 Å². The lowest BCUT2D eigenvalue weighted by Gasteiger charge is -2.17. The maximum atomic E-state index is 14.0. The molecule has 1 aromatic heterocycles. The quantitative estimate of drug-likeness (QED) is 0.169. The van der Waals surface area contributed by atoms with Crippen LogP contribution in [0.15, 0.2) is 33.5 Å². The minimum Gasteiger partial charge on any atom is -0.452 e. The van der Waals surface area contributed by atoms with Crippen molar-refractivity contribution < 1.29 is 61.6 Å². The standard InChI is InChI=1S/C33H34O14/c1-7-23(34)41-18-15-19(42-24(35)8-2)29-20(16-18)45-31(33(30(29)40)47-28(39)12-6)17-13-21(43-25(36)9-3)32(46-27(38)11-5)22(14-17)44-26(37)10-4/h13-16H,7-12H2,1-6H3. The highest BCUT2D eigenvalue weighted by Gasteiger charge is 2.28. The summed E-state index contributed by atoms with van der Waals surface area (Å²) in [6.07, 6.45) is -0.524. The Kier molecular flexibility index (Phi) is 12.4. The third kappa shape index (κ3) is 8.81. The van der Waals surface area contributed by atoms with Crippen LogP contribution in [0, 0.1) is 0 Å². The van der Waals surface area contributed by atoms with Gasteiger partial charge in [0.15, 0.2) is 17.3 Å². The van der Waals surface area contributed by atoms with E-state index in [2.05, 4.69) is 0 Å². The molecule has 0 fully saturated rings. The zero-order chi connectivity index (χ0) is 34.8. The van der Waals surface area contributed by atoms with Gasteiger partial charge in [0.2, 0.25) is 16.9 Å². The summed E-state index contributed by atoms with van der Waals surface area (Å²) in [5.41, 5.74) is -1.35. The molecule has 0 unspecified atom stereocenters. The molecule has 0 amide bonds. The Morgan fingerprint density at radius 1 is 0.511 bits per heavy atom. The highest BCUT2D eigenvalue weighted by molar-refractivity contribution is 5.93. The molecule has 0 N–H and O–H groups in total. The van der Waals surface area contributed by atoms with E-state index in [1.54, 1.807) is 6.92 Å². The number of carbonyl (C=O) groups is 6. The minimum absolute atomic E-state index is 0.00328. The first kappa shape index (κ1) is 35.9. The number of rotatable bonds is 13. The molecule has 3 aromatic rings. The molecular formula is C33H34O14. The molecule has 0 aliphatic heterocycles. The summed E-state index contributed by atoms with van der Waals surface area (Å²) in [6.45, 7) is 9.10. The molecule has 1 heterocycles. The summed E-state index contributed by atoms with van der Waals surface area (Å²) in [5.74, 6) is -7.20. The molecule has 3 rings (SSSR count). The van der Waals surface area contributed by atoms with Crippen LogP contribution in [0.4, 0.5) is 0 Å². The van der Waals surface area contributed by atoms with E-state index in [0.29, 0.717) is 0 Å². The molecule has 0 bridgehead atoms. The molecule has 250 valence electrons. The first-order chi connectivity index (χ1) is 22.4. The van der Waals surface area contributed by atoms with Crippen LogP contribution in [0.1, 0.15) is 80.1 Å². The lowest BCUT2D eigenvalue weighted by molar-refractivity contribution is -0.137. The monoisotopic (exact) mass is 654 g/mol. The predicted molar refractivity (Wildman–Crippen MR) is 163 cm³/mol. The van der Waals surface area contributed by atoms with Crippen molar-refractivity contribution in [1.29, 1.82) is 0 Å². The van der Waals surface area contributed by atoms with Crippen LogP contribution >= 0.6 is 0 Å². The Balaban J connectivity index is 2.50. The van der Waals surface area contributed by atoms with Gasteiger partial charge in [-0.1, -0.05) is 41.5 Å². The number of benzene rings is 2. The molecule has 14 nitrogen and oxygen atoms in total. The van der Waals surface area contributed by atoms with Crippen molar-refractivity contribution in [3.8, 4) is 45.8 Å². The molecular weight excluding hydrogens is 620 g/mol. The number of fused-ring (bicyclic) bond motifs is 1. The smallest absolute Gasteiger partial charge is 0.311 e. The highest BCUT2D eigenvalue weighted by Crippen LogP contribution is 2.45. The lowest BCUT2D eigenvalue weighted by atomic mass is 10.1. The maximum absolute atomic E-state index is 14.0. The SMILES string of the molecule is CCC(=O)Oc1cc(OC(=O)CC)c2c(=O)c(OC(=O)CC)c(-c3cc(OC(=O)CC)c(OC(=O)CC)c(OC(=O)CC)c3)oc2c1.